The summed E-state index contributed by atoms with van der Waals surface area (Å²) in [4.78, 5) is 50.0. The van der Waals surface area contributed by atoms with Crippen molar-refractivity contribution >= 4 is 25.3 Å². The molecule has 5 fully saturated rings. The molecule has 35 heavy (non-hydrogen) atoms. The van der Waals surface area contributed by atoms with E-state index >= 15 is 0 Å². The largest absolute Gasteiger partial charge is 0.465 e. The zero-order chi connectivity index (χ0) is 24.8. The van der Waals surface area contributed by atoms with Crippen LogP contribution in [-0.4, -0.2) is 61.6 Å². The zero-order valence-corrected chi connectivity index (χ0v) is 20.9. The highest BCUT2D eigenvalue weighted by molar-refractivity contribution is 5.80. The molecule has 194 valence electrons. The molecule has 1 aliphatic heterocycles. The number of likely N-dealkylation sites (tertiary alicyclic amines) is 1. The second kappa shape index (κ2) is 9.40. The molecule has 0 aromatic heterocycles. The SMILES string of the molecule is C[C@]12CC[C@@H](OC=O)C[C@@H]1C[C@@H](OC=O)[C@@H]1[C@@H]2C[C@H](OC=O)[C@]2(C)C(C(=O)N3CCCC3)CC[C@@H]12. The smallest absolute Gasteiger partial charge is 0.293 e. The molecule has 8 heteroatoms. The van der Waals surface area contributed by atoms with Crippen molar-refractivity contribution in [1.82, 2.24) is 4.90 Å². The predicted octanol–water partition coefficient (Wildman–Crippen LogP) is 3.11. The van der Waals surface area contributed by atoms with Crippen LogP contribution in [0.5, 0.6) is 0 Å². The van der Waals surface area contributed by atoms with E-state index in [-0.39, 0.29) is 59.2 Å². The van der Waals surface area contributed by atoms with Crippen molar-refractivity contribution in [2.24, 2.45) is 40.4 Å². The van der Waals surface area contributed by atoms with Gasteiger partial charge in [0.25, 0.3) is 19.4 Å². The van der Waals surface area contributed by atoms with Crippen molar-refractivity contribution in [1.29, 1.82) is 0 Å². The first kappa shape index (κ1) is 24.6. The van der Waals surface area contributed by atoms with Crippen LogP contribution in [0.2, 0.25) is 0 Å². The first-order chi connectivity index (χ1) is 16.9. The number of fused-ring (bicyclic) bond motifs is 5. The van der Waals surface area contributed by atoms with Gasteiger partial charge in [0, 0.05) is 30.3 Å². The molecule has 5 aliphatic rings. The van der Waals surface area contributed by atoms with Crippen LogP contribution in [0, 0.1) is 40.4 Å². The molecule has 0 spiro atoms. The minimum Gasteiger partial charge on any atom is -0.465 e. The normalized spacial score (nSPS) is 46.5. The third-order valence-electron chi connectivity index (χ3n) is 11.1. The summed E-state index contributed by atoms with van der Waals surface area (Å²) in [5.74, 6) is 0.719. The molecule has 4 aliphatic carbocycles. The maximum atomic E-state index is 13.7. The molecule has 8 nitrogen and oxygen atoms in total. The summed E-state index contributed by atoms with van der Waals surface area (Å²) >= 11 is 0. The van der Waals surface area contributed by atoms with E-state index in [1.165, 1.54) is 0 Å². The fraction of sp³-hybridized carbons (Fsp3) is 0.852. The van der Waals surface area contributed by atoms with Gasteiger partial charge in [-0.25, -0.2) is 0 Å². The van der Waals surface area contributed by atoms with Gasteiger partial charge in [0.05, 0.1) is 0 Å². The van der Waals surface area contributed by atoms with E-state index in [4.69, 9.17) is 14.2 Å². The molecule has 1 unspecified atom stereocenters. The van der Waals surface area contributed by atoms with Gasteiger partial charge in [-0.1, -0.05) is 13.8 Å². The lowest BCUT2D eigenvalue weighted by Gasteiger charge is -2.63. The minimum atomic E-state index is -0.479. The molecule has 0 bridgehead atoms. The quantitative estimate of drug-likeness (QED) is 0.400. The summed E-state index contributed by atoms with van der Waals surface area (Å²) in [6, 6.07) is 0. The lowest BCUT2D eigenvalue weighted by atomic mass is 9.43. The maximum Gasteiger partial charge on any atom is 0.293 e. The van der Waals surface area contributed by atoms with Crippen LogP contribution >= 0.6 is 0 Å². The molecule has 0 aromatic carbocycles. The number of carbonyl (C=O) groups excluding carboxylic acids is 4. The van der Waals surface area contributed by atoms with Crippen LogP contribution in [-0.2, 0) is 33.4 Å². The maximum absolute atomic E-state index is 13.7. The van der Waals surface area contributed by atoms with E-state index in [0.29, 0.717) is 25.8 Å². The van der Waals surface area contributed by atoms with Gasteiger partial charge in [0.1, 0.15) is 18.3 Å². The number of carbonyl (C=O) groups is 4. The lowest BCUT2D eigenvalue weighted by Crippen LogP contribution is -2.63. The average molecular weight is 490 g/mol. The number of hydrogen-bond acceptors (Lipinski definition) is 7. The van der Waals surface area contributed by atoms with E-state index in [1.807, 2.05) is 4.90 Å². The van der Waals surface area contributed by atoms with E-state index < -0.39 is 5.41 Å². The van der Waals surface area contributed by atoms with Crippen molar-refractivity contribution in [3.63, 3.8) is 0 Å². The van der Waals surface area contributed by atoms with Crippen molar-refractivity contribution < 1.29 is 33.4 Å². The Morgan fingerprint density at radius 3 is 2.26 bits per heavy atom. The molecule has 1 amide bonds. The summed E-state index contributed by atoms with van der Waals surface area (Å²) in [5.41, 5.74) is -0.508. The number of rotatable bonds is 7. The highest BCUT2D eigenvalue weighted by Crippen LogP contribution is 2.68. The molecular weight excluding hydrogens is 450 g/mol. The minimum absolute atomic E-state index is 0.0287. The van der Waals surface area contributed by atoms with Gasteiger partial charge in [-0.2, -0.15) is 0 Å². The van der Waals surface area contributed by atoms with E-state index in [9.17, 15) is 19.2 Å². The van der Waals surface area contributed by atoms with Crippen molar-refractivity contribution in [2.75, 3.05) is 13.1 Å². The fourth-order valence-electron chi connectivity index (χ4n) is 9.35. The third-order valence-corrected chi connectivity index (χ3v) is 11.1. The van der Waals surface area contributed by atoms with E-state index in [0.717, 1.165) is 64.5 Å². The van der Waals surface area contributed by atoms with Crippen molar-refractivity contribution in [3.8, 4) is 0 Å². The van der Waals surface area contributed by atoms with Crippen LogP contribution < -0.4 is 0 Å². The van der Waals surface area contributed by atoms with Gasteiger partial charge in [0.2, 0.25) is 5.91 Å². The Morgan fingerprint density at radius 2 is 1.57 bits per heavy atom. The van der Waals surface area contributed by atoms with Crippen molar-refractivity contribution in [3.05, 3.63) is 0 Å². The summed E-state index contributed by atoms with van der Waals surface area (Å²) in [6.45, 7) is 7.75. The predicted molar refractivity (Wildman–Crippen MR) is 125 cm³/mol. The van der Waals surface area contributed by atoms with Gasteiger partial charge >= 0.3 is 0 Å². The summed E-state index contributed by atoms with van der Waals surface area (Å²) < 4.78 is 17.0. The number of nitrogens with zero attached hydrogens (tertiary/aromatic N) is 1. The molecule has 4 saturated carbocycles. The number of amides is 1. The Morgan fingerprint density at radius 1 is 0.857 bits per heavy atom. The van der Waals surface area contributed by atoms with Gasteiger partial charge in [0.15, 0.2) is 0 Å². The highest BCUT2D eigenvalue weighted by atomic mass is 16.5. The summed E-state index contributed by atoms with van der Waals surface area (Å²) in [6.07, 6.45) is 6.94. The third kappa shape index (κ3) is 3.77. The van der Waals surface area contributed by atoms with Crippen LogP contribution in [0.3, 0.4) is 0 Å². The molecule has 10 atom stereocenters. The zero-order valence-electron chi connectivity index (χ0n) is 20.9. The van der Waals surface area contributed by atoms with Crippen LogP contribution in [0.4, 0.5) is 0 Å². The lowest BCUT2D eigenvalue weighted by molar-refractivity contribution is -0.217. The van der Waals surface area contributed by atoms with Crippen LogP contribution in [0.1, 0.15) is 71.6 Å². The molecular formula is C27H39NO7. The Hall–Kier alpha value is -2.12. The van der Waals surface area contributed by atoms with E-state index in [2.05, 4.69) is 13.8 Å². The molecule has 5 rings (SSSR count). The summed E-state index contributed by atoms with van der Waals surface area (Å²) in [7, 11) is 0. The second-order valence-electron chi connectivity index (χ2n) is 12.1. The Bertz CT molecular complexity index is 843. The first-order valence-electron chi connectivity index (χ1n) is 13.4. The Balaban J connectivity index is 1.50. The highest BCUT2D eigenvalue weighted by Gasteiger charge is 2.68. The summed E-state index contributed by atoms with van der Waals surface area (Å²) in [5, 5.41) is 0. The van der Waals surface area contributed by atoms with Gasteiger partial charge in [-0.3, -0.25) is 19.2 Å². The Labute approximate surface area is 207 Å². The average Bonchev–Trinajstić information content (AvgIpc) is 3.49. The van der Waals surface area contributed by atoms with Crippen molar-refractivity contribution in [2.45, 2.75) is 89.9 Å². The van der Waals surface area contributed by atoms with E-state index in [1.54, 1.807) is 0 Å². The first-order valence-corrected chi connectivity index (χ1v) is 13.4. The van der Waals surface area contributed by atoms with Crippen LogP contribution in [0.25, 0.3) is 0 Å². The van der Waals surface area contributed by atoms with Gasteiger partial charge in [-0.15, -0.1) is 0 Å². The molecule has 0 aromatic rings. The van der Waals surface area contributed by atoms with Gasteiger partial charge < -0.3 is 19.1 Å². The monoisotopic (exact) mass is 489 g/mol. The number of ether oxygens (including phenoxy) is 3. The molecule has 0 radical (unpaired) electrons. The number of hydrogen-bond donors (Lipinski definition) is 0. The standard InChI is InChI=1S/C27H39NO7/c1-26-8-7-18(33-14-29)11-17(26)12-22(34-15-30)24-19-5-6-20(25(32)28-9-3-4-10-28)27(19,2)23(35-16-31)13-21(24)26/h14-24H,3-13H2,1-2H3/t17-,18-,19+,20?,21+,22-,23+,24+,26+,27+/m1/s1. The van der Waals surface area contributed by atoms with Crippen LogP contribution in [0.15, 0.2) is 0 Å². The molecule has 0 N–H and O–H groups in total. The molecule has 1 heterocycles. The second-order valence-corrected chi connectivity index (χ2v) is 12.1. The fourth-order valence-corrected chi connectivity index (χ4v) is 9.35. The topological polar surface area (TPSA) is 99.2 Å². The molecule has 1 saturated heterocycles. The van der Waals surface area contributed by atoms with Gasteiger partial charge in [-0.05, 0) is 81.0 Å². The Kier molecular flexibility index (Phi) is 6.60.